The van der Waals surface area contributed by atoms with E-state index in [9.17, 15) is 53.9 Å². The van der Waals surface area contributed by atoms with Crippen LogP contribution in [-0.2, 0) is 25.3 Å². The highest BCUT2D eigenvalue weighted by Crippen LogP contribution is 2.39. The van der Waals surface area contributed by atoms with E-state index >= 15 is 0 Å². The Morgan fingerprint density at radius 2 is 1.63 bits per heavy atom. The number of hydrogen-bond acceptors (Lipinski definition) is 5. The van der Waals surface area contributed by atoms with Gasteiger partial charge in [-0.3, -0.25) is 19.3 Å². The summed E-state index contributed by atoms with van der Waals surface area (Å²) in [6.45, 7) is -5.53. The van der Waals surface area contributed by atoms with Gasteiger partial charge >= 0.3 is 18.5 Å². The van der Waals surface area contributed by atoms with Gasteiger partial charge in [0, 0.05) is 12.2 Å². The SMILES string of the molecule is NC(=O)[C@@H](C(=O)Nc1ccc(N2CCOCC2=O)c(C(F)(F)F)c1)N(CC(F)(F)F)CC(F)(F)F. The van der Waals surface area contributed by atoms with E-state index in [1.54, 1.807) is 5.32 Å². The maximum atomic E-state index is 13.6. The highest BCUT2D eigenvalue weighted by molar-refractivity contribution is 6.09. The number of hydrogen-bond donors (Lipinski definition) is 2. The Labute approximate surface area is 190 Å². The van der Waals surface area contributed by atoms with Crippen LogP contribution in [0.15, 0.2) is 18.2 Å². The Balaban J connectivity index is 2.40. The molecule has 0 aromatic heterocycles. The molecule has 3 amide bonds. The van der Waals surface area contributed by atoms with Crippen molar-refractivity contribution < 1.29 is 58.6 Å². The molecule has 8 nitrogen and oxygen atoms in total. The molecule has 1 aromatic carbocycles. The van der Waals surface area contributed by atoms with Crippen LogP contribution in [0.2, 0.25) is 0 Å². The molecule has 1 aliphatic rings. The number of benzene rings is 1. The fraction of sp³-hybridized carbons (Fsp3) is 0.500. The summed E-state index contributed by atoms with van der Waals surface area (Å²) >= 11 is 0. The lowest BCUT2D eigenvalue weighted by Gasteiger charge is -2.30. The third kappa shape index (κ3) is 7.98. The third-order valence-electron chi connectivity index (χ3n) is 4.49. The fourth-order valence-electron chi connectivity index (χ4n) is 3.23. The van der Waals surface area contributed by atoms with Crippen molar-refractivity contribution in [1.82, 2.24) is 4.90 Å². The first-order chi connectivity index (χ1) is 15.9. The molecule has 2 rings (SSSR count). The summed E-state index contributed by atoms with van der Waals surface area (Å²) in [6, 6.07) is -0.926. The second-order valence-electron chi connectivity index (χ2n) is 7.26. The predicted molar refractivity (Wildman–Crippen MR) is 99.9 cm³/mol. The van der Waals surface area contributed by atoms with Crippen LogP contribution in [0.1, 0.15) is 5.56 Å². The van der Waals surface area contributed by atoms with E-state index in [1.807, 2.05) is 0 Å². The molecule has 0 unspecified atom stereocenters. The number of rotatable bonds is 7. The van der Waals surface area contributed by atoms with Crippen LogP contribution in [0, 0.1) is 0 Å². The van der Waals surface area contributed by atoms with Crippen LogP contribution in [0.25, 0.3) is 0 Å². The lowest BCUT2D eigenvalue weighted by molar-refractivity contribution is -0.187. The molecule has 0 spiro atoms. The van der Waals surface area contributed by atoms with E-state index < -0.39 is 83.8 Å². The molecule has 1 fully saturated rings. The van der Waals surface area contributed by atoms with E-state index in [2.05, 4.69) is 0 Å². The Bertz CT molecular complexity index is 947. The minimum absolute atomic E-state index is 0.0734. The first kappa shape index (κ1) is 28.2. The number of alkyl halides is 9. The van der Waals surface area contributed by atoms with Gasteiger partial charge in [0.1, 0.15) is 6.61 Å². The Morgan fingerprint density at radius 3 is 2.09 bits per heavy atom. The van der Waals surface area contributed by atoms with Gasteiger partial charge in [0.2, 0.25) is 5.91 Å². The second-order valence-corrected chi connectivity index (χ2v) is 7.26. The number of ether oxygens (including phenoxy) is 1. The van der Waals surface area contributed by atoms with E-state index in [-0.39, 0.29) is 13.2 Å². The number of amides is 3. The molecule has 1 aromatic rings. The average molecular weight is 524 g/mol. The lowest BCUT2D eigenvalue weighted by atomic mass is 10.1. The average Bonchev–Trinajstić information content (AvgIpc) is 2.65. The molecule has 1 atom stereocenters. The number of carbonyl (C=O) groups is 3. The van der Waals surface area contributed by atoms with Crippen LogP contribution in [0.3, 0.4) is 0 Å². The normalized spacial score (nSPS) is 16.4. The van der Waals surface area contributed by atoms with Crippen LogP contribution >= 0.6 is 0 Å². The minimum Gasteiger partial charge on any atom is -0.370 e. The number of morpholine rings is 1. The monoisotopic (exact) mass is 524 g/mol. The summed E-state index contributed by atoms with van der Waals surface area (Å²) in [4.78, 5) is 36.1. The van der Waals surface area contributed by atoms with Crippen molar-refractivity contribution in [3.05, 3.63) is 23.8 Å². The fourth-order valence-corrected chi connectivity index (χ4v) is 3.23. The number of nitrogens with one attached hydrogen (secondary N) is 1. The van der Waals surface area contributed by atoms with Gasteiger partial charge in [-0.2, -0.15) is 39.5 Å². The van der Waals surface area contributed by atoms with Crippen molar-refractivity contribution in [1.29, 1.82) is 0 Å². The highest BCUT2D eigenvalue weighted by Gasteiger charge is 2.45. The zero-order valence-corrected chi connectivity index (χ0v) is 17.4. The number of anilines is 2. The van der Waals surface area contributed by atoms with Gasteiger partial charge in [-0.25, -0.2) is 0 Å². The molecule has 1 saturated heterocycles. The maximum Gasteiger partial charge on any atom is 0.418 e. The summed E-state index contributed by atoms with van der Waals surface area (Å²) < 4.78 is 122. The van der Waals surface area contributed by atoms with Crippen molar-refractivity contribution in [2.45, 2.75) is 24.6 Å². The summed E-state index contributed by atoms with van der Waals surface area (Å²) in [5.41, 5.74) is 2.07. The topological polar surface area (TPSA) is 105 Å². The Morgan fingerprint density at radius 1 is 1.06 bits per heavy atom. The van der Waals surface area contributed by atoms with Crippen LogP contribution in [-0.4, -0.2) is 73.9 Å². The zero-order chi connectivity index (χ0) is 26.8. The van der Waals surface area contributed by atoms with E-state index in [4.69, 9.17) is 10.5 Å². The van der Waals surface area contributed by atoms with E-state index in [1.165, 1.54) is 0 Å². The number of primary amides is 1. The molecule has 3 N–H and O–H groups in total. The van der Waals surface area contributed by atoms with Crippen molar-refractivity contribution in [2.75, 3.05) is 43.1 Å². The number of carbonyl (C=O) groups excluding carboxylic acids is 3. The molecule has 0 aliphatic carbocycles. The summed E-state index contributed by atoms with van der Waals surface area (Å²) in [7, 11) is 0. The van der Waals surface area contributed by atoms with Gasteiger partial charge < -0.3 is 20.7 Å². The molecular formula is C18H17F9N4O4. The number of halogens is 9. The smallest absolute Gasteiger partial charge is 0.370 e. The maximum absolute atomic E-state index is 13.6. The van der Waals surface area contributed by atoms with Crippen LogP contribution in [0.4, 0.5) is 50.9 Å². The molecule has 17 heteroatoms. The first-order valence-corrected chi connectivity index (χ1v) is 9.46. The quantitative estimate of drug-likeness (QED) is 0.421. The third-order valence-corrected chi connectivity index (χ3v) is 4.49. The van der Waals surface area contributed by atoms with Crippen LogP contribution in [0.5, 0.6) is 0 Å². The minimum atomic E-state index is -5.28. The van der Waals surface area contributed by atoms with Gasteiger partial charge in [-0.15, -0.1) is 0 Å². The molecular weight excluding hydrogens is 507 g/mol. The number of nitrogens with two attached hydrogens (primary N) is 1. The van der Waals surface area contributed by atoms with Gasteiger partial charge in [0.05, 0.1) is 30.9 Å². The van der Waals surface area contributed by atoms with Crippen molar-refractivity contribution in [3.63, 3.8) is 0 Å². The van der Waals surface area contributed by atoms with Gasteiger partial charge in [-0.1, -0.05) is 0 Å². The molecule has 0 radical (unpaired) electrons. The highest BCUT2D eigenvalue weighted by atomic mass is 19.4. The standard InChI is InChI=1S/C18H17F9N4O4/c19-16(20,21)7-30(8-17(22,23)24)13(14(28)33)15(34)29-9-1-2-11(10(5-9)18(25,26)27)31-3-4-35-6-12(31)32/h1-2,5,13H,3-4,6-8H2,(H2,28,33)(H,29,34)/t13-/m0/s1. The van der Waals surface area contributed by atoms with E-state index in [0.717, 1.165) is 17.0 Å². The lowest BCUT2D eigenvalue weighted by Crippen LogP contribution is -2.56. The molecule has 1 aliphatic heterocycles. The molecule has 196 valence electrons. The molecule has 0 saturated carbocycles. The number of nitrogens with zero attached hydrogens (tertiary/aromatic N) is 2. The van der Waals surface area contributed by atoms with Crippen LogP contribution < -0.4 is 16.0 Å². The summed E-state index contributed by atoms with van der Waals surface area (Å²) in [6.07, 6.45) is -15.7. The Hall–Kier alpha value is -3.08. The molecule has 35 heavy (non-hydrogen) atoms. The molecule has 0 bridgehead atoms. The largest absolute Gasteiger partial charge is 0.418 e. The van der Waals surface area contributed by atoms with Gasteiger partial charge in [0.25, 0.3) is 11.8 Å². The predicted octanol–water partition coefficient (Wildman–Crippen LogP) is 2.29. The molecule has 1 heterocycles. The van der Waals surface area contributed by atoms with Crippen molar-refractivity contribution in [3.8, 4) is 0 Å². The summed E-state index contributed by atoms with van der Waals surface area (Å²) in [5, 5.41) is 1.68. The zero-order valence-electron chi connectivity index (χ0n) is 17.4. The second kappa shape index (κ2) is 10.3. The summed E-state index contributed by atoms with van der Waals surface area (Å²) in [5.74, 6) is -4.53. The first-order valence-electron chi connectivity index (χ1n) is 9.46. The van der Waals surface area contributed by atoms with Crippen molar-refractivity contribution in [2.24, 2.45) is 5.73 Å². The van der Waals surface area contributed by atoms with Gasteiger partial charge in [0.15, 0.2) is 6.04 Å². The van der Waals surface area contributed by atoms with Crippen molar-refractivity contribution >= 4 is 29.1 Å². The van der Waals surface area contributed by atoms with E-state index in [0.29, 0.717) is 6.07 Å². The van der Waals surface area contributed by atoms with Gasteiger partial charge in [-0.05, 0) is 18.2 Å². The Kier molecular flexibility index (Phi) is 8.26.